The molecular formula is C18H29N3O3. The van der Waals surface area contributed by atoms with Crippen molar-refractivity contribution < 1.29 is 14.3 Å². The predicted octanol–water partition coefficient (Wildman–Crippen LogP) is 1.82. The second-order valence-electron chi connectivity index (χ2n) is 6.18. The number of carbonyl (C=O) groups is 1. The number of hydrogen-bond acceptors (Lipinski definition) is 4. The number of benzene rings is 1. The van der Waals surface area contributed by atoms with Crippen molar-refractivity contribution >= 4 is 6.03 Å². The largest absolute Gasteiger partial charge is 0.491 e. The monoisotopic (exact) mass is 335 g/mol. The summed E-state index contributed by atoms with van der Waals surface area (Å²) in [6, 6.07) is 7.88. The third-order valence-electron chi connectivity index (χ3n) is 4.00. The summed E-state index contributed by atoms with van der Waals surface area (Å²) in [7, 11) is 0. The van der Waals surface area contributed by atoms with Crippen molar-refractivity contribution in [2.75, 3.05) is 52.5 Å². The van der Waals surface area contributed by atoms with Gasteiger partial charge in [-0.1, -0.05) is 32.0 Å². The van der Waals surface area contributed by atoms with Gasteiger partial charge < -0.3 is 20.1 Å². The van der Waals surface area contributed by atoms with Crippen LogP contribution in [0.15, 0.2) is 24.3 Å². The van der Waals surface area contributed by atoms with E-state index >= 15 is 0 Å². The fraction of sp³-hybridized carbons (Fsp3) is 0.611. The Kier molecular flexibility index (Phi) is 7.85. The molecule has 1 saturated heterocycles. The number of nitrogens with zero attached hydrogens (tertiary/aromatic N) is 1. The highest BCUT2D eigenvalue weighted by Gasteiger charge is 2.10. The van der Waals surface area contributed by atoms with Crippen molar-refractivity contribution in [1.29, 1.82) is 0 Å². The minimum absolute atomic E-state index is 0.149. The van der Waals surface area contributed by atoms with E-state index < -0.39 is 0 Å². The minimum Gasteiger partial charge on any atom is -0.491 e. The Morgan fingerprint density at radius 2 is 1.92 bits per heavy atom. The number of nitrogens with one attached hydrogen (secondary N) is 2. The second kappa shape index (κ2) is 10.2. The highest BCUT2D eigenvalue weighted by Crippen LogP contribution is 2.25. The van der Waals surface area contributed by atoms with Gasteiger partial charge >= 0.3 is 6.03 Å². The van der Waals surface area contributed by atoms with Gasteiger partial charge in [-0.05, 0) is 17.5 Å². The number of amides is 2. The van der Waals surface area contributed by atoms with Crippen molar-refractivity contribution in [3.8, 4) is 5.75 Å². The summed E-state index contributed by atoms with van der Waals surface area (Å²) in [5.41, 5.74) is 1.19. The number of hydrogen-bond donors (Lipinski definition) is 2. The van der Waals surface area contributed by atoms with E-state index in [0.717, 1.165) is 38.6 Å². The zero-order chi connectivity index (χ0) is 17.2. The molecule has 0 aromatic heterocycles. The predicted molar refractivity (Wildman–Crippen MR) is 94.7 cm³/mol. The van der Waals surface area contributed by atoms with Crippen LogP contribution in [-0.4, -0.2) is 63.5 Å². The second-order valence-corrected chi connectivity index (χ2v) is 6.18. The van der Waals surface area contributed by atoms with E-state index in [2.05, 4.69) is 35.4 Å². The van der Waals surface area contributed by atoms with Gasteiger partial charge in [-0.3, -0.25) is 4.90 Å². The molecule has 1 aliphatic rings. The molecule has 2 N–H and O–H groups in total. The molecule has 6 nitrogen and oxygen atoms in total. The first-order valence-electron chi connectivity index (χ1n) is 8.70. The molecule has 24 heavy (non-hydrogen) atoms. The van der Waals surface area contributed by atoms with E-state index in [-0.39, 0.29) is 6.03 Å². The zero-order valence-corrected chi connectivity index (χ0v) is 14.7. The maximum Gasteiger partial charge on any atom is 0.314 e. The quantitative estimate of drug-likeness (QED) is 0.712. The van der Waals surface area contributed by atoms with Gasteiger partial charge in [0.1, 0.15) is 12.4 Å². The zero-order valence-electron chi connectivity index (χ0n) is 14.7. The molecule has 0 unspecified atom stereocenters. The molecule has 2 rings (SSSR count). The Balaban J connectivity index is 1.57. The molecule has 0 aliphatic carbocycles. The molecule has 2 amide bonds. The lowest BCUT2D eigenvalue weighted by Crippen LogP contribution is -2.44. The van der Waals surface area contributed by atoms with Crippen LogP contribution in [0.4, 0.5) is 4.79 Å². The summed E-state index contributed by atoms with van der Waals surface area (Å²) in [5, 5.41) is 5.69. The van der Waals surface area contributed by atoms with Gasteiger partial charge in [0.2, 0.25) is 0 Å². The van der Waals surface area contributed by atoms with Crippen LogP contribution in [0.2, 0.25) is 0 Å². The Morgan fingerprint density at radius 3 is 2.67 bits per heavy atom. The van der Waals surface area contributed by atoms with E-state index in [4.69, 9.17) is 9.47 Å². The molecule has 0 bridgehead atoms. The molecule has 1 aromatic rings. The number of morpholine rings is 1. The van der Waals surface area contributed by atoms with Gasteiger partial charge in [0.05, 0.1) is 19.8 Å². The average Bonchev–Trinajstić information content (AvgIpc) is 2.60. The van der Waals surface area contributed by atoms with E-state index in [1.165, 1.54) is 5.56 Å². The van der Waals surface area contributed by atoms with Crippen LogP contribution in [0.5, 0.6) is 5.75 Å². The molecule has 1 heterocycles. The van der Waals surface area contributed by atoms with Gasteiger partial charge in [-0.25, -0.2) is 4.79 Å². The van der Waals surface area contributed by atoms with Crippen LogP contribution >= 0.6 is 0 Å². The molecule has 134 valence electrons. The first-order chi connectivity index (χ1) is 11.7. The van der Waals surface area contributed by atoms with Crippen LogP contribution in [0.3, 0.4) is 0 Å². The maximum atomic E-state index is 11.8. The van der Waals surface area contributed by atoms with Gasteiger partial charge in [0.15, 0.2) is 0 Å². The van der Waals surface area contributed by atoms with Crippen LogP contribution in [-0.2, 0) is 4.74 Å². The van der Waals surface area contributed by atoms with Crippen molar-refractivity contribution in [1.82, 2.24) is 15.5 Å². The number of para-hydroxylation sites is 1. The van der Waals surface area contributed by atoms with Crippen LogP contribution < -0.4 is 15.4 Å². The van der Waals surface area contributed by atoms with Crippen LogP contribution in [0.25, 0.3) is 0 Å². The molecular weight excluding hydrogens is 306 g/mol. The van der Waals surface area contributed by atoms with Crippen molar-refractivity contribution in [3.05, 3.63) is 29.8 Å². The van der Waals surface area contributed by atoms with Crippen molar-refractivity contribution in [2.45, 2.75) is 19.8 Å². The highest BCUT2D eigenvalue weighted by molar-refractivity contribution is 5.73. The van der Waals surface area contributed by atoms with E-state index in [1.54, 1.807) is 0 Å². The molecule has 1 aliphatic heterocycles. The van der Waals surface area contributed by atoms with Gasteiger partial charge in [0, 0.05) is 26.2 Å². The lowest BCUT2D eigenvalue weighted by molar-refractivity contribution is 0.0387. The summed E-state index contributed by atoms with van der Waals surface area (Å²) >= 11 is 0. The number of carbonyl (C=O) groups excluding carboxylic acids is 1. The molecule has 0 spiro atoms. The van der Waals surface area contributed by atoms with Crippen molar-refractivity contribution in [2.24, 2.45) is 0 Å². The number of urea groups is 1. The fourth-order valence-electron chi connectivity index (χ4n) is 2.63. The molecule has 0 saturated carbocycles. The Bertz CT molecular complexity index is 502. The third-order valence-corrected chi connectivity index (χ3v) is 4.00. The fourth-order valence-corrected chi connectivity index (χ4v) is 2.63. The summed E-state index contributed by atoms with van der Waals surface area (Å²) in [6.07, 6.45) is 0. The van der Waals surface area contributed by atoms with Gasteiger partial charge in [0.25, 0.3) is 0 Å². The van der Waals surface area contributed by atoms with Gasteiger partial charge in [-0.2, -0.15) is 0 Å². The van der Waals surface area contributed by atoms with E-state index in [1.807, 2.05) is 18.2 Å². The third kappa shape index (κ3) is 6.37. The summed E-state index contributed by atoms with van der Waals surface area (Å²) < 4.78 is 11.1. The Labute approximate surface area is 144 Å². The molecule has 6 heteroatoms. The average molecular weight is 335 g/mol. The van der Waals surface area contributed by atoms with Crippen LogP contribution in [0, 0.1) is 0 Å². The van der Waals surface area contributed by atoms with E-state index in [9.17, 15) is 4.79 Å². The lowest BCUT2D eigenvalue weighted by Gasteiger charge is -2.26. The maximum absolute atomic E-state index is 11.8. The number of rotatable bonds is 8. The molecule has 0 radical (unpaired) electrons. The molecule has 0 atom stereocenters. The first kappa shape index (κ1) is 18.5. The SMILES string of the molecule is CC(C)c1ccccc1OCCNC(=O)NCCN1CCOCC1. The van der Waals surface area contributed by atoms with Crippen molar-refractivity contribution in [3.63, 3.8) is 0 Å². The number of ether oxygens (including phenoxy) is 2. The molecule has 1 fully saturated rings. The Morgan fingerprint density at radius 1 is 1.21 bits per heavy atom. The van der Waals surface area contributed by atoms with Crippen LogP contribution in [0.1, 0.15) is 25.3 Å². The highest BCUT2D eigenvalue weighted by atomic mass is 16.5. The molecule has 1 aromatic carbocycles. The summed E-state index contributed by atoms with van der Waals surface area (Å²) in [5.74, 6) is 1.31. The standard InChI is InChI=1S/C18H29N3O3/c1-15(2)16-5-3-4-6-17(16)24-12-8-20-18(22)19-7-9-21-10-13-23-14-11-21/h3-6,15H,7-14H2,1-2H3,(H2,19,20,22). The Hall–Kier alpha value is -1.79. The van der Waals surface area contributed by atoms with E-state index in [0.29, 0.717) is 25.6 Å². The normalized spacial score (nSPS) is 15.3. The van der Waals surface area contributed by atoms with Gasteiger partial charge in [-0.15, -0.1) is 0 Å². The summed E-state index contributed by atoms with van der Waals surface area (Å²) in [4.78, 5) is 14.0. The summed E-state index contributed by atoms with van der Waals surface area (Å²) in [6.45, 7) is 10.2. The minimum atomic E-state index is -0.149. The first-order valence-corrected chi connectivity index (χ1v) is 8.70. The topological polar surface area (TPSA) is 62.8 Å². The lowest BCUT2D eigenvalue weighted by atomic mass is 10.0. The smallest absolute Gasteiger partial charge is 0.314 e.